The van der Waals surface area contributed by atoms with Crippen molar-refractivity contribution >= 4 is 11.9 Å². The van der Waals surface area contributed by atoms with Crippen LogP contribution in [0.3, 0.4) is 0 Å². The van der Waals surface area contributed by atoms with Gasteiger partial charge in [0.25, 0.3) is 5.91 Å². The summed E-state index contributed by atoms with van der Waals surface area (Å²) < 4.78 is 21.5. The highest BCUT2D eigenvalue weighted by Gasteiger charge is 2.27. The van der Waals surface area contributed by atoms with Crippen LogP contribution in [0, 0.1) is 19.7 Å². The van der Waals surface area contributed by atoms with E-state index < -0.39 is 5.82 Å². The number of amides is 1. The van der Waals surface area contributed by atoms with Gasteiger partial charge in [-0.3, -0.25) is 9.48 Å². The number of hydrogen-bond acceptors (Lipinski definition) is 4. The number of benzene rings is 2. The maximum Gasteiger partial charge on any atom is 0.338 e. The summed E-state index contributed by atoms with van der Waals surface area (Å²) in [5.74, 6) is -1.22. The third kappa shape index (κ3) is 4.88. The fourth-order valence-electron chi connectivity index (χ4n) is 3.96. The first kappa shape index (κ1) is 21.7. The van der Waals surface area contributed by atoms with E-state index in [1.807, 2.05) is 36.7 Å². The maximum absolute atomic E-state index is 13.9. The van der Waals surface area contributed by atoms with Gasteiger partial charge in [0.15, 0.2) is 0 Å². The fraction of sp³-hybridized carbons (Fsp3) is 0.320. The molecule has 0 atom stereocenters. The molecule has 6 nitrogen and oxygen atoms in total. The highest BCUT2D eigenvalue weighted by Crippen LogP contribution is 2.19. The predicted molar refractivity (Wildman–Crippen MR) is 118 cm³/mol. The molecule has 3 aromatic rings. The molecule has 0 N–H and O–H groups in total. The molecule has 1 aliphatic heterocycles. The van der Waals surface area contributed by atoms with Crippen LogP contribution in [-0.4, -0.2) is 45.8 Å². The molecule has 32 heavy (non-hydrogen) atoms. The van der Waals surface area contributed by atoms with Crippen molar-refractivity contribution in [2.45, 2.75) is 39.3 Å². The summed E-state index contributed by atoms with van der Waals surface area (Å²) in [5.41, 5.74) is 3.68. The van der Waals surface area contributed by atoms with Gasteiger partial charge in [-0.25, -0.2) is 9.18 Å². The van der Waals surface area contributed by atoms with Gasteiger partial charge >= 0.3 is 5.97 Å². The first-order chi connectivity index (χ1) is 15.4. The van der Waals surface area contributed by atoms with Crippen LogP contribution in [0.2, 0.25) is 0 Å². The van der Waals surface area contributed by atoms with Crippen LogP contribution in [0.15, 0.2) is 54.6 Å². The number of hydrogen-bond donors (Lipinski definition) is 0. The van der Waals surface area contributed by atoms with Crippen LogP contribution in [0.4, 0.5) is 4.39 Å². The fourth-order valence-corrected chi connectivity index (χ4v) is 3.96. The van der Waals surface area contributed by atoms with Crippen LogP contribution < -0.4 is 0 Å². The molecule has 0 bridgehead atoms. The third-order valence-electron chi connectivity index (χ3n) is 5.73. The lowest BCUT2D eigenvalue weighted by Gasteiger charge is -2.31. The van der Waals surface area contributed by atoms with Crippen molar-refractivity contribution < 1.29 is 18.7 Å². The molecule has 166 valence electrons. The van der Waals surface area contributed by atoms with Crippen molar-refractivity contribution in [2.75, 3.05) is 13.1 Å². The minimum Gasteiger partial charge on any atom is -0.459 e. The summed E-state index contributed by atoms with van der Waals surface area (Å²) in [4.78, 5) is 26.7. The molecule has 0 spiro atoms. The summed E-state index contributed by atoms with van der Waals surface area (Å²) >= 11 is 0. The van der Waals surface area contributed by atoms with Crippen molar-refractivity contribution in [1.29, 1.82) is 0 Å². The number of rotatable bonds is 5. The van der Waals surface area contributed by atoms with Crippen molar-refractivity contribution in [3.63, 3.8) is 0 Å². The van der Waals surface area contributed by atoms with E-state index in [0.717, 1.165) is 17.0 Å². The van der Waals surface area contributed by atoms with Gasteiger partial charge in [0.1, 0.15) is 11.9 Å². The van der Waals surface area contributed by atoms with E-state index in [1.54, 1.807) is 29.2 Å². The minimum absolute atomic E-state index is 0.0727. The summed E-state index contributed by atoms with van der Waals surface area (Å²) in [7, 11) is 0. The average molecular weight is 435 g/mol. The van der Waals surface area contributed by atoms with Crippen molar-refractivity contribution in [3.8, 4) is 0 Å². The Balaban J connectivity index is 1.30. The van der Waals surface area contributed by atoms with Crippen LogP contribution in [0.25, 0.3) is 0 Å². The van der Waals surface area contributed by atoms with Gasteiger partial charge in [0, 0.05) is 31.6 Å². The number of esters is 1. The SMILES string of the molecule is Cc1cc(C)n(Cc2ccc(C(=O)OC3CCN(C(=O)c4ccccc4F)CC3)cc2)n1. The van der Waals surface area contributed by atoms with E-state index >= 15 is 0 Å². The quantitative estimate of drug-likeness (QED) is 0.565. The molecule has 0 radical (unpaired) electrons. The van der Waals surface area contributed by atoms with Gasteiger partial charge in [-0.2, -0.15) is 5.10 Å². The summed E-state index contributed by atoms with van der Waals surface area (Å²) in [6.07, 6.45) is 0.797. The lowest BCUT2D eigenvalue weighted by Crippen LogP contribution is -2.41. The van der Waals surface area contributed by atoms with E-state index in [-0.39, 0.29) is 23.5 Å². The number of aryl methyl sites for hydroxylation is 2. The first-order valence-corrected chi connectivity index (χ1v) is 10.8. The number of piperidine rings is 1. The standard InChI is InChI=1S/C25H26FN3O3/c1-17-15-18(2)29(27-17)16-19-7-9-20(10-8-19)25(31)32-21-11-13-28(14-12-21)24(30)22-5-3-4-6-23(22)26/h3-10,15,21H,11-14,16H2,1-2H3. The molecule has 1 aliphatic rings. The van der Waals surface area contributed by atoms with Crippen LogP contribution in [-0.2, 0) is 11.3 Å². The molecule has 2 heterocycles. The molecule has 0 unspecified atom stereocenters. The number of ether oxygens (including phenoxy) is 1. The van der Waals surface area contributed by atoms with Gasteiger partial charge < -0.3 is 9.64 Å². The van der Waals surface area contributed by atoms with Gasteiger partial charge in [-0.05, 0) is 49.7 Å². The summed E-state index contributed by atoms with van der Waals surface area (Å²) in [6, 6.07) is 15.3. The van der Waals surface area contributed by atoms with Gasteiger partial charge in [-0.1, -0.05) is 24.3 Å². The second kappa shape index (κ2) is 9.34. The molecular weight excluding hydrogens is 409 g/mol. The zero-order valence-electron chi connectivity index (χ0n) is 18.3. The van der Waals surface area contributed by atoms with Crippen LogP contribution >= 0.6 is 0 Å². The number of halogens is 1. The second-order valence-corrected chi connectivity index (χ2v) is 8.16. The Kier molecular flexibility index (Phi) is 6.35. The van der Waals surface area contributed by atoms with Crippen LogP contribution in [0.5, 0.6) is 0 Å². The molecule has 1 fully saturated rings. The molecule has 0 aliphatic carbocycles. The smallest absolute Gasteiger partial charge is 0.338 e. The van der Waals surface area contributed by atoms with E-state index in [2.05, 4.69) is 5.10 Å². The largest absolute Gasteiger partial charge is 0.459 e. The number of likely N-dealkylation sites (tertiary alicyclic amines) is 1. The second-order valence-electron chi connectivity index (χ2n) is 8.16. The topological polar surface area (TPSA) is 64.4 Å². The third-order valence-corrected chi connectivity index (χ3v) is 5.73. The van der Waals surface area contributed by atoms with E-state index in [9.17, 15) is 14.0 Å². The van der Waals surface area contributed by atoms with Crippen molar-refractivity contribution in [2.24, 2.45) is 0 Å². The molecular formula is C25H26FN3O3. The predicted octanol–water partition coefficient (Wildman–Crippen LogP) is 4.15. The highest BCUT2D eigenvalue weighted by atomic mass is 19.1. The number of carbonyl (C=O) groups excluding carboxylic acids is 2. The molecule has 4 rings (SSSR count). The monoisotopic (exact) mass is 435 g/mol. The highest BCUT2D eigenvalue weighted by molar-refractivity contribution is 5.94. The Morgan fingerprint density at radius 3 is 2.38 bits per heavy atom. The molecule has 0 saturated carbocycles. The van der Waals surface area contributed by atoms with Crippen molar-refractivity contribution in [3.05, 3.63) is 88.5 Å². The van der Waals surface area contributed by atoms with Crippen LogP contribution in [0.1, 0.15) is 50.5 Å². The normalized spacial score (nSPS) is 14.4. The maximum atomic E-state index is 13.9. The minimum atomic E-state index is -0.521. The van der Waals surface area contributed by atoms with Crippen molar-refractivity contribution in [1.82, 2.24) is 14.7 Å². The van der Waals surface area contributed by atoms with E-state index in [1.165, 1.54) is 12.1 Å². The molecule has 1 saturated heterocycles. The van der Waals surface area contributed by atoms with Gasteiger partial charge in [-0.15, -0.1) is 0 Å². The Morgan fingerprint density at radius 1 is 1.06 bits per heavy atom. The zero-order chi connectivity index (χ0) is 22.7. The summed E-state index contributed by atoms with van der Waals surface area (Å²) in [6.45, 7) is 5.47. The Bertz CT molecular complexity index is 1120. The molecule has 1 amide bonds. The number of carbonyl (C=O) groups is 2. The number of nitrogens with zero attached hydrogens (tertiary/aromatic N) is 3. The van der Waals surface area contributed by atoms with E-state index in [0.29, 0.717) is 38.0 Å². The first-order valence-electron chi connectivity index (χ1n) is 10.8. The molecule has 2 aromatic carbocycles. The van der Waals surface area contributed by atoms with E-state index in [4.69, 9.17) is 4.74 Å². The zero-order valence-corrected chi connectivity index (χ0v) is 18.3. The summed E-state index contributed by atoms with van der Waals surface area (Å²) in [5, 5.41) is 4.46. The lowest BCUT2D eigenvalue weighted by molar-refractivity contribution is 0.0120. The molecule has 1 aromatic heterocycles. The Hall–Kier alpha value is -3.48. The van der Waals surface area contributed by atoms with Gasteiger partial charge in [0.2, 0.25) is 0 Å². The van der Waals surface area contributed by atoms with Gasteiger partial charge in [0.05, 0.1) is 23.4 Å². The number of aromatic nitrogens is 2. The lowest BCUT2D eigenvalue weighted by atomic mass is 10.1. The molecule has 7 heteroatoms. The Morgan fingerprint density at radius 2 is 1.75 bits per heavy atom. The Labute approximate surface area is 186 Å². The average Bonchev–Trinajstić information content (AvgIpc) is 3.11.